The van der Waals surface area contributed by atoms with Gasteiger partial charge in [0.25, 0.3) is 0 Å². The molecule has 1 aromatic carbocycles. The van der Waals surface area contributed by atoms with Crippen molar-refractivity contribution in [3.8, 4) is 0 Å². The van der Waals surface area contributed by atoms with Crippen molar-refractivity contribution in [3.05, 3.63) is 35.4 Å². The quantitative estimate of drug-likeness (QED) is 0.663. The first-order valence-electron chi connectivity index (χ1n) is 7.21. The van der Waals surface area contributed by atoms with E-state index in [4.69, 9.17) is 0 Å². The Bertz CT molecular complexity index is 457. The van der Waals surface area contributed by atoms with E-state index in [1.807, 2.05) is 0 Å². The standard InChI is InChI=1S/C17H22/c1-12-3-6-14(7-4-12)17-10-13-5-8-15(11-17)16(17,2)9-13/h3-4,6-7,13,15H,5,8-11H2,1-2H3. The summed E-state index contributed by atoms with van der Waals surface area (Å²) in [6, 6.07) is 9.45. The van der Waals surface area contributed by atoms with Gasteiger partial charge in [0.05, 0.1) is 0 Å². The van der Waals surface area contributed by atoms with Crippen molar-refractivity contribution in [3.63, 3.8) is 0 Å². The Hall–Kier alpha value is -0.780. The minimum absolute atomic E-state index is 0.562. The summed E-state index contributed by atoms with van der Waals surface area (Å²) in [5.74, 6) is 2.06. The van der Waals surface area contributed by atoms with E-state index in [1.165, 1.54) is 37.7 Å². The minimum atomic E-state index is 0.562. The van der Waals surface area contributed by atoms with Crippen LogP contribution in [-0.4, -0.2) is 0 Å². The van der Waals surface area contributed by atoms with Gasteiger partial charge < -0.3 is 0 Å². The first-order chi connectivity index (χ1) is 8.14. The zero-order valence-corrected chi connectivity index (χ0v) is 11.0. The summed E-state index contributed by atoms with van der Waals surface area (Å²) in [5, 5.41) is 0. The summed E-state index contributed by atoms with van der Waals surface area (Å²) >= 11 is 0. The minimum Gasteiger partial charge on any atom is -0.0590 e. The van der Waals surface area contributed by atoms with E-state index in [1.54, 1.807) is 5.56 Å². The Morgan fingerprint density at radius 2 is 1.76 bits per heavy atom. The molecule has 4 atom stereocenters. The molecule has 3 aliphatic carbocycles. The number of hydrogen-bond donors (Lipinski definition) is 0. The summed E-state index contributed by atoms with van der Waals surface area (Å²) in [6.45, 7) is 4.78. The van der Waals surface area contributed by atoms with Gasteiger partial charge in [0.15, 0.2) is 0 Å². The molecule has 0 spiro atoms. The fourth-order valence-electron chi connectivity index (χ4n) is 5.48. The predicted octanol–water partition coefficient (Wildman–Crippen LogP) is 4.46. The summed E-state index contributed by atoms with van der Waals surface area (Å²) in [7, 11) is 0. The third-order valence-electron chi connectivity index (χ3n) is 6.47. The van der Waals surface area contributed by atoms with Crippen LogP contribution < -0.4 is 0 Å². The van der Waals surface area contributed by atoms with Gasteiger partial charge in [-0.15, -0.1) is 0 Å². The second kappa shape index (κ2) is 2.96. The maximum Gasteiger partial charge on any atom is 0.00150 e. The second-order valence-corrected chi connectivity index (χ2v) is 7.12. The molecule has 0 N–H and O–H groups in total. The molecular formula is C17H22. The molecule has 0 radical (unpaired) electrons. The first-order valence-corrected chi connectivity index (χ1v) is 7.21. The Morgan fingerprint density at radius 3 is 2.53 bits per heavy atom. The van der Waals surface area contributed by atoms with Crippen LogP contribution in [0.2, 0.25) is 0 Å². The molecule has 0 heterocycles. The van der Waals surface area contributed by atoms with Crippen LogP contribution in [0, 0.1) is 24.2 Å². The van der Waals surface area contributed by atoms with Gasteiger partial charge in [0, 0.05) is 5.41 Å². The first kappa shape index (κ1) is 10.2. The smallest absolute Gasteiger partial charge is 0.00150 e. The van der Waals surface area contributed by atoms with Gasteiger partial charge in [-0.25, -0.2) is 0 Å². The fraction of sp³-hybridized carbons (Fsp3) is 0.647. The molecule has 17 heavy (non-hydrogen) atoms. The lowest BCUT2D eigenvalue weighted by Crippen LogP contribution is -2.56. The normalized spacial score (nSPS) is 46.7. The summed E-state index contributed by atoms with van der Waals surface area (Å²) in [5.41, 5.74) is 4.25. The lowest BCUT2D eigenvalue weighted by atomic mass is 9.43. The van der Waals surface area contributed by atoms with Gasteiger partial charge in [-0.05, 0) is 55.4 Å². The monoisotopic (exact) mass is 226 g/mol. The molecular weight excluding hydrogens is 204 g/mol. The summed E-state index contributed by atoms with van der Waals surface area (Å²) in [4.78, 5) is 0. The van der Waals surface area contributed by atoms with E-state index in [-0.39, 0.29) is 0 Å². The van der Waals surface area contributed by atoms with Gasteiger partial charge in [-0.2, -0.15) is 0 Å². The van der Waals surface area contributed by atoms with E-state index in [9.17, 15) is 0 Å². The van der Waals surface area contributed by atoms with Gasteiger partial charge in [-0.3, -0.25) is 0 Å². The third-order valence-corrected chi connectivity index (χ3v) is 6.47. The molecule has 90 valence electrons. The topological polar surface area (TPSA) is 0 Å². The maximum absolute atomic E-state index is 2.58. The van der Waals surface area contributed by atoms with Crippen LogP contribution >= 0.6 is 0 Å². The molecule has 3 fully saturated rings. The van der Waals surface area contributed by atoms with Crippen molar-refractivity contribution in [2.75, 3.05) is 0 Å². The van der Waals surface area contributed by atoms with Gasteiger partial charge in [0.1, 0.15) is 0 Å². The van der Waals surface area contributed by atoms with Crippen molar-refractivity contribution < 1.29 is 0 Å². The molecule has 2 bridgehead atoms. The van der Waals surface area contributed by atoms with Crippen LogP contribution in [0.15, 0.2) is 24.3 Å². The molecule has 0 saturated heterocycles. The summed E-state index contributed by atoms with van der Waals surface area (Å²) in [6.07, 6.45) is 7.47. The molecule has 1 aromatic rings. The van der Waals surface area contributed by atoms with Crippen molar-refractivity contribution in [2.45, 2.75) is 51.4 Å². The van der Waals surface area contributed by atoms with Crippen molar-refractivity contribution in [2.24, 2.45) is 17.3 Å². The molecule has 0 heteroatoms. The van der Waals surface area contributed by atoms with Gasteiger partial charge in [0.2, 0.25) is 0 Å². The number of hydrogen-bond acceptors (Lipinski definition) is 0. The average molecular weight is 226 g/mol. The van der Waals surface area contributed by atoms with Crippen molar-refractivity contribution in [1.82, 2.24) is 0 Å². The predicted molar refractivity (Wildman–Crippen MR) is 71.0 cm³/mol. The SMILES string of the molecule is Cc1ccc(C23CC4CCC(C2)C3(C)C4)cc1. The average Bonchev–Trinajstić information content (AvgIpc) is 2.48. The molecule has 0 aromatic heterocycles. The molecule has 3 saturated carbocycles. The van der Waals surface area contributed by atoms with Crippen LogP contribution in [-0.2, 0) is 5.41 Å². The van der Waals surface area contributed by atoms with E-state index in [2.05, 4.69) is 38.1 Å². The summed E-state index contributed by atoms with van der Waals surface area (Å²) < 4.78 is 0. The lowest BCUT2D eigenvalue weighted by molar-refractivity contribution is -0.0559. The van der Waals surface area contributed by atoms with Crippen LogP contribution in [0.5, 0.6) is 0 Å². The lowest BCUT2D eigenvalue weighted by Gasteiger charge is -2.61. The Labute approximate surface area is 104 Å². The van der Waals surface area contributed by atoms with Crippen LogP contribution in [0.25, 0.3) is 0 Å². The van der Waals surface area contributed by atoms with Gasteiger partial charge in [-0.1, -0.05) is 43.2 Å². The number of benzene rings is 1. The molecule has 0 nitrogen and oxygen atoms in total. The highest BCUT2D eigenvalue weighted by Gasteiger charge is 2.68. The van der Waals surface area contributed by atoms with Crippen molar-refractivity contribution >= 4 is 0 Å². The molecule has 0 aliphatic heterocycles. The highest BCUT2D eigenvalue weighted by molar-refractivity contribution is 5.38. The van der Waals surface area contributed by atoms with Crippen LogP contribution in [0.1, 0.15) is 50.2 Å². The fourth-order valence-corrected chi connectivity index (χ4v) is 5.48. The molecule has 3 aliphatic rings. The molecule has 0 amide bonds. The highest BCUT2D eigenvalue weighted by atomic mass is 14.7. The Kier molecular flexibility index (Phi) is 1.77. The van der Waals surface area contributed by atoms with E-state index >= 15 is 0 Å². The van der Waals surface area contributed by atoms with Gasteiger partial charge >= 0.3 is 0 Å². The van der Waals surface area contributed by atoms with Crippen LogP contribution in [0.4, 0.5) is 0 Å². The second-order valence-electron chi connectivity index (χ2n) is 7.12. The number of rotatable bonds is 1. The largest absolute Gasteiger partial charge is 0.0590 e. The van der Waals surface area contributed by atoms with Crippen LogP contribution in [0.3, 0.4) is 0 Å². The van der Waals surface area contributed by atoms with Crippen molar-refractivity contribution in [1.29, 1.82) is 0 Å². The van der Waals surface area contributed by atoms with E-state index < -0.39 is 0 Å². The Balaban J connectivity index is 1.81. The number of aryl methyl sites for hydroxylation is 1. The highest BCUT2D eigenvalue weighted by Crippen LogP contribution is 2.75. The third kappa shape index (κ3) is 1.05. The Morgan fingerprint density at radius 1 is 1.00 bits per heavy atom. The molecule has 4 rings (SSSR count). The maximum atomic E-state index is 2.58. The van der Waals surface area contributed by atoms with E-state index in [0.717, 1.165) is 11.8 Å². The zero-order valence-electron chi connectivity index (χ0n) is 11.0. The zero-order chi connectivity index (χ0) is 11.7. The number of fused-ring (bicyclic) bond motifs is 1. The van der Waals surface area contributed by atoms with E-state index in [0.29, 0.717) is 10.8 Å². The molecule has 4 unspecified atom stereocenters.